The van der Waals surface area contributed by atoms with Crippen LogP contribution < -0.4 is 0 Å². The molecule has 0 spiro atoms. The van der Waals surface area contributed by atoms with Gasteiger partial charge in [-0.15, -0.1) is 10.2 Å². The van der Waals surface area contributed by atoms with Crippen molar-refractivity contribution in [2.45, 2.75) is 25.7 Å². The van der Waals surface area contributed by atoms with Crippen LogP contribution in [0.15, 0.2) is 40.3 Å². The van der Waals surface area contributed by atoms with Gasteiger partial charge in [0.2, 0.25) is 5.78 Å². The van der Waals surface area contributed by atoms with Gasteiger partial charge in [0.05, 0.1) is 10.5 Å². The Labute approximate surface area is 127 Å². The van der Waals surface area contributed by atoms with Gasteiger partial charge >= 0.3 is 6.18 Å². The van der Waals surface area contributed by atoms with Crippen LogP contribution in [-0.4, -0.2) is 16.4 Å². The molecule has 1 heterocycles. The van der Waals surface area contributed by atoms with Crippen molar-refractivity contribution in [2.24, 2.45) is 10.2 Å². The monoisotopic (exact) mass is 329 g/mol. The standard InChI is InChI=1S/C13H10F3N3O4/c1-7-5-11(20)12(2,23-7)18-17-9-4-3-8(13(14,15)16)6-10(9)19(21)22/h3-6H,1-2H3. The van der Waals surface area contributed by atoms with E-state index in [4.69, 9.17) is 4.74 Å². The molecule has 23 heavy (non-hydrogen) atoms. The Morgan fingerprint density at radius 3 is 2.48 bits per heavy atom. The molecule has 0 fully saturated rings. The van der Waals surface area contributed by atoms with Crippen LogP contribution in [0.4, 0.5) is 24.5 Å². The number of ether oxygens (including phenoxy) is 1. The van der Waals surface area contributed by atoms with Crippen molar-refractivity contribution in [1.29, 1.82) is 0 Å². The van der Waals surface area contributed by atoms with Gasteiger partial charge in [-0.25, -0.2) is 0 Å². The molecule has 2 rings (SSSR count). The molecule has 0 saturated heterocycles. The van der Waals surface area contributed by atoms with E-state index in [2.05, 4.69) is 10.2 Å². The Kier molecular flexibility index (Phi) is 3.93. The number of nitrogens with zero attached hydrogens (tertiary/aromatic N) is 3. The lowest BCUT2D eigenvalue weighted by atomic mass is 10.1. The fraction of sp³-hybridized carbons (Fsp3) is 0.308. The fourth-order valence-corrected chi connectivity index (χ4v) is 1.86. The van der Waals surface area contributed by atoms with Gasteiger partial charge in [-0.05, 0) is 19.1 Å². The summed E-state index contributed by atoms with van der Waals surface area (Å²) >= 11 is 0. The summed E-state index contributed by atoms with van der Waals surface area (Å²) in [6.07, 6.45) is -3.54. The summed E-state index contributed by atoms with van der Waals surface area (Å²) < 4.78 is 43.0. The van der Waals surface area contributed by atoms with E-state index < -0.39 is 39.5 Å². The molecule has 0 amide bonds. The highest BCUT2D eigenvalue weighted by Gasteiger charge is 2.39. The van der Waals surface area contributed by atoms with Gasteiger partial charge in [0.1, 0.15) is 5.76 Å². The third kappa shape index (κ3) is 3.35. The largest absolute Gasteiger partial charge is 0.462 e. The van der Waals surface area contributed by atoms with Gasteiger partial charge in [-0.2, -0.15) is 13.2 Å². The minimum absolute atomic E-state index is 0.290. The Balaban J connectivity index is 2.39. The summed E-state index contributed by atoms with van der Waals surface area (Å²) in [7, 11) is 0. The fourth-order valence-electron chi connectivity index (χ4n) is 1.86. The first-order chi connectivity index (χ1) is 10.5. The number of hydrogen-bond acceptors (Lipinski definition) is 6. The molecular formula is C13H10F3N3O4. The molecule has 122 valence electrons. The predicted molar refractivity (Wildman–Crippen MR) is 70.9 cm³/mol. The number of azo groups is 1. The van der Waals surface area contributed by atoms with Crippen LogP contribution in [0, 0.1) is 10.1 Å². The maximum atomic E-state index is 12.6. The zero-order chi connectivity index (χ0) is 17.4. The van der Waals surface area contributed by atoms with Crippen molar-refractivity contribution in [3.05, 3.63) is 45.7 Å². The highest BCUT2D eigenvalue weighted by Crippen LogP contribution is 2.37. The van der Waals surface area contributed by atoms with Gasteiger partial charge in [0.15, 0.2) is 5.69 Å². The Bertz CT molecular complexity index is 742. The topological polar surface area (TPSA) is 94.2 Å². The SMILES string of the molecule is CC1=CC(=O)C(C)(N=Nc2ccc(C(F)(F)F)cc2[N+](=O)[O-])O1. The van der Waals surface area contributed by atoms with Crippen LogP contribution in [0.25, 0.3) is 0 Å². The summed E-state index contributed by atoms with van der Waals surface area (Å²) in [6, 6.07) is 1.82. The number of carbonyl (C=O) groups is 1. The lowest BCUT2D eigenvalue weighted by molar-refractivity contribution is -0.384. The first-order valence-corrected chi connectivity index (χ1v) is 6.23. The van der Waals surface area contributed by atoms with Crippen molar-refractivity contribution in [2.75, 3.05) is 0 Å². The van der Waals surface area contributed by atoms with Crippen LogP contribution in [0.3, 0.4) is 0 Å². The van der Waals surface area contributed by atoms with E-state index in [0.29, 0.717) is 17.9 Å². The summed E-state index contributed by atoms with van der Waals surface area (Å²) in [4.78, 5) is 21.6. The molecule has 0 radical (unpaired) electrons. The van der Waals surface area contributed by atoms with Gasteiger partial charge in [-0.1, -0.05) is 0 Å². The Morgan fingerprint density at radius 1 is 1.35 bits per heavy atom. The van der Waals surface area contributed by atoms with Gasteiger partial charge in [0.25, 0.3) is 11.4 Å². The summed E-state index contributed by atoms with van der Waals surface area (Å²) in [5.41, 5.74) is -4.15. The molecule has 0 N–H and O–H groups in total. The minimum atomic E-state index is -4.72. The summed E-state index contributed by atoms with van der Waals surface area (Å²) in [5.74, 6) is -0.230. The van der Waals surface area contributed by atoms with Crippen LogP contribution in [0.2, 0.25) is 0 Å². The average Bonchev–Trinajstić information content (AvgIpc) is 2.68. The van der Waals surface area contributed by atoms with Gasteiger partial charge < -0.3 is 4.74 Å². The summed E-state index contributed by atoms with van der Waals surface area (Å²) in [6.45, 7) is 2.81. The Morgan fingerprint density at radius 2 is 2.00 bits per heavy atom. The number of alkyl halides is 3. The highest BCUT2D eigenvalue weighted by atomic mass is 19.4. The van der Waals surface area contributed by atoms with E-state index in [0.717, 1.165) is 6.07 Å². The number of allylic oxidation sites excluding steroid dienone is 1. The van der Waals surface area contributed by atoms with Gasteiger partial charge in [-0.3, -0.25) is 14.9 Å². The molecular weight excluding hydrogens is 319 g/mol. The van der Waals surface area contributed by atoms with Crippen molar-refractivity contribution in [3.8, 4) is 0 Å². The van der Waals surface area contributed by atoms with E-state index in [1.807, 2.05) is 0 Å². The van der Waals surface area contributed by atoms with Crippen LogP contribution in [0.5, 0.6) is 0 Å². The zero-order valence-electron chi connectivity index (χ0n) is 11.9. The third-order valence-electron chi connectivity index (χ3n) is 3.00. The number of hydrogen-bond donors (Lipinski definition) is 0. The van der Waals surface area contributed by atoms with Crippen molar-refractivity contribution < 1.29 is 27.6 Å². The molecule has 10 heteroatoms. The average molecular weight is 329 g/mol. The van der Waals surface area contributed by atoms with Crippen molar-refractivity contribution in [3.63, 3.8) is 0 Å². The second-order valence-corrected chi connectivity index (χ2v) is 4.86. The number of nitro benzene ring substituents is 1. The van der Waals surface area contributed by atoms with E-state index in [-0.39, 0.29) is 0 Å². The van der Waals surface area contributed by atoms with Crippen molar-refractivity contribution in [1.82, 2.24) is 0 Å². The molecule has 1 aromatic carbocycles. The Hall–Kier alpha value is -2.78. The van der Waals surface area contributed by atoms with E-state index in [1.54, 1.807) is 0 Å². The van der Waals surface area contributed by atoms with Crippen molar-refractivity contribution >= 4 is 17.2 Å². The minimum Gasteiger partial charge on any atom is -0.462 e. The number of benzene rings is 1. The maximum absolute atomic E-state index is 12.6. The highest BCUT2D eigenvalue weighted by molar-refractivity contribution is 5.98. The van der Waals surface area contributed by atoms with Gasteiger partial charge in [0, 0.05) is 19.1 Å². The van der Waals surface area contributed by atoms with Crippen LogP contribution >= 0.6 is 0 Å². The molecule has 0 aromatic heterocycles. The van der Waals surface area contributed by atoms with Crippen LogP contribution in [0.1, 0.15) is 19.4 Å². The number of halogens is 3. The summed E-state index contributed by atoms with van der Waals surface area (Å²) in [5, 5.41) is 18.1. The smallest absolute Gasteiger partial charge is 0.416 e. The molecule has 1 unspecified atom stereocenters. The zero-order valence-corrected chi connectivity index (χ0v) is 11.9. The lowest BCUT2D eigenvalue weighted by Crippen LogP contribution is -2.29. The molecule has 1 aliphatic heterocycles. The van der Waals surface area contributed by atoms with E-state index >= 15 is 0 Å². The third-order valence-corrected chi connectivity index (χ3v) is 3.00. The molecule has 1 atom stereocenters. The molecule has 0 saturated carbocycles. The van der Waals surface area contributed by atoms with Crippen LogP contribution in [-0.2, 0) is 15.7 Å². The second-order valence-electron chi connectivity index (χ2n) is 4.86. The number of rotatable bonds is 3. The lowest BCUT2D eigenvalue weighted by Gasteiger charge is -2.16. The quantitative estimate of drug-likeness (QED) is 0.477. The first-order valence-electron chi connectivity index (χ1n) is 6.23. The van der Waals surface area contributed by atoms with E-state index in [1.165, 1.54) is 19.9 Å². The number of carbonyl (C=O) groups excluding carboxylic acids is 1. The van der Waals surface area contributed by atoms with E-state index in [9.17, 15) is 28.1 Å². The normalized spacial score (nSPS) is 21.4. The molecule has 0 aliphatic carbocycles. The molecule has 0 bridgehead atoms. The second kappa shape index (κ2) is 5.45. The predicted octanol–water partition coefficient (Wildman–Crippen LogP) is 3.92. The number of ketones is 1. The molecule has 1 aliphatic rings. The molecule has 1 aromatic rings. The molecule has 7 nitrogen and oxygen atoms in total. The maximum Gasteiger partial charge on any atom is 0.416 e. The first kappa shape index (κ1) is 16.6. The number of nitro groups is 1.